The van der Waals surface area contributed by atoms with E-state index in [1.54, 1.807) is 47.4 Å². The maximum atomic E-state index is 14.2. The van der Waals surface area contributed by atoms with Crippen molar-refractivity contribution in [2.24, 2.45) is 11.8 Å². The Morgan fingerprint density at radius 3 is 2.54 bits per heavy atom. The zero-order valence-corrected chi connectivity index (χ0v) is 25.6. The van der Waals surface area contributed by atoms with Crippen LogP contribution in [-0.4, -0.2) is 66.8 Å². The van der Waals surface area contributed by atoms with E-state index < -0.39 is 5.82 Å². The summed E-state index contributed by atoms with van der Waals surface area (Å²) in [4.78, 5) is 33.6. The monoisotopic (exact) mass is 625 g/mol. The summed E-state index contributed by atoms with van der Waals surface area (Å²) in [5.41, 5.74) is 3.05. The standard InChI is InChI=1S/C28H26AsClFN5O2S/c1-14-24(39-26(34-14)25-32-7-4-8-33-25)27(37)36-12-17-18(13-36)23(17)38-22-11-16(28(2,3)29)10-21(35-22)15-5-6-19(30)20(31)9-15/h4-11,17-18,23H,12-13,29H2,1-3H3/t17-,18+,23?. The normalized spacial score (nSPS) is 20.2. The van der Waals surface area contributed by atoms with Crippen LogP contribution in [0, 0.1) is 24.6 Å². The number of nitrogens with zero attached hydrogens (tertiary/aromatic N) is 5. The number of carbonyl (C=O) groups excluding carboxylic acids is 1. The number of carbonyl (C=O) groups is 1. The van der Waals surface area contributed by atoms with Gasteiger partial charge < -0.3 is 0 Å². The number of benzene rings is 1. The SMILES string of the molecule is Cc1nc(-c2ncccn2)sc1C(=O)N1C[C@@H]2C(Oc3cc(C(C)(C)[AsH2])cc(-c4ccc(Cl)c(F)c4)n3)[C@@H]2C1. The van der Waals surface area contributed by atoms with Crippen LogP contribution in [-0.2, 0) is 4.20 Å². The summed E-state index contributed by atoms with van der Waals surface area (Å²) in [6.07, 6.45) is 3.32. The number of aromatic nitrogens is 4. The van der Waals surface area contributed by atoms with Gasteiger partial charge in [-0.05, 0) is 13.0 Å². The van der Waals surface area contributed by atoms with E-state index in [4.69, 9.17) is 21.3 Å². The van der Waals surface area contributed by atoms with Crippen LogP contribution in [0.25, 0.3) is 22.1 Å². The van der Waals surface area contributed by atoms with Gasteiger partial charge in [-0.25, -0.2) is 15.0 Å². The molecule has 11 heteroatoms. The molecule has 0 radical (unpaired) electrons. The predicted octanol–water partition coefficient (Wildman–Crippen LogP) is 4.78. The second-order valence-electron chi connectivity index (χ2n) is 10.6. The number of amides is 1. The van der Waals surface area contributed by atoms with Crippen molar-refractivity contribution < 1.29 is 13.9 Å². The van der Waals surface area contributed by atoms with Gasteiger partial charge >= 0.3 is 193 Å². The fourth-order valence-corrected chi connectivity index (χ4v) is 6.39. The van der Waals surface area contributed by atoms with Gasteiger partial charge in [0.05, 0.1) is 0 Å². The Hall–Kier alpha value is -2.87. The number of hydrogen-bond donors (Lipinski definition) is 0. The molecule has 1 aliphatic carbocycles. The predicted molar refractivity (Wildman–Crippen MR) is 151 cm³/mol. The molecule has 4 atom stereocenters. The van der Waals surface area contributed by atoms with E-state index in [9.17, 15) is 9.18 Å². The molecule has 2 fully saturated rings. The third kappa shape index (κ3) is 5.20. The first-order chi connectivity index (χ1) is 18.6. The Kier molecular flexibility index (Phi) is 6.72. The van der Waals surface area contributed by atoms with Gasteiger partial charge in [0.15, 0.2) is 10.8 Å². The molecule has 7 nitrogen and oxygen atoms in total. The van der Waals surface area contributed by atoms with Crippen molar-refractivity contribution in [1.29, 1.82) is 0 Å². The molecule has 0 N–H and O–H groups in total. The van der Waals surface area contributed by atoms with Crippen LogP contribution in [0.4, 0.5) is 4.39 Å². The van der Waals surface area contributed by atoms with Crippen molar-refractivity contribution in [2.45, 2.75) is 31.1 Å². The van der Waals surface area contributed by atoms with Gasteiger partial charge in [-0.1, -0.05) is 0 Å². The van der Waals surface area contributed by atoms with Gasteiger partial charge in [0, 0.05) is 12.4 Å². The van der Waals surface area contributed by atoms with E-state index >= 15 is 0 Å². The van der Waals surface area contributed by atoms with Gasteiger partial charge in [0.25, 0.3) is 0 Å². The van der Waals surface area contributed by atoms with Crippen LogP contribution in [0.5, 0.6) is 5.88 Å². The Morgan fingerprint density at radius 1 is 1.15 bits per heavy atom. The molecule has 4 heterocycles. The molecule has 1 aliphatic heterocycles. The summed E-state index contributed by atoms with van der Waals surface area (Å²) in [6.45, 7) is 7.38. The van der Waals surface area contributed by atoms with E-state index in [1.807, 2.05) is 24.0 Å². The average Bonchev–Trinajstić information content (AvgIpc) is 3.22. The third-order valence-corrected chi connectivity index (χ3v) is 9.32. The minimum atomic E-state index is -0.482. The van der Waals surface area contributed by atoms with Crippen molar-refractivity contribution in [1.82, 2.24) is 24.8 Å². The van der Waals surface area contributed by atoms with Crippen LogP contribution in [0.3, 0.4) is 0 Å². The summed E-state index contributed by atoms with van der Waals surface area (Å²) in [5, 5.41) is 0.721. The first-order valence-corrected chi connectivity index (χ1v) is 15.0. The van der Waals surface area contributed by atoms with Crippen molar-refractivity contribution in [3.05, 3.63) is 75.8 Å². The molecule has 0 bridgehead atoms. The zero-order chi connectivity index (χ0) is 27.5. The molecule has 200 valence electrons. The topological polar surface area (TPSA) is 81.1 Å². The van der Waals surface area contributed by atoms with Crippen molar-refractivity contribution in [3.63, 3.8) is 0 Å². The number of pyridine rings is 1. The zero-order valence-electron chi connectivity index (χ0n) is 21.6. The van der Waals surface area contributed by atoms with E-state index in [-0.39, 0.29) is 33.1 Å². The molecule has 2 unspecified atom stereocenters. The summed E-state index contributed by atoms with van der Waals surface area (Å²) in [5.74, 6) is 1.05. The van der Waals surface area contributed by atoms with Crippen LogP contribution >= 0.6 is 22.9 Å². The van der Waals surface area contributed by atoms with Crippen LogP contribution in [0.15, 0.2) is 48.8 Å². The van der Waals surface area contributed by atoms with Gasteiger partial charge in [-0.3, -0.25) is 0 Å². The Morgan fingerprint density at radius 2 is 1.87 bits per heavy atom. The van der Waals surface area contributed by atoms with E-state index in [0.717, 1.165) is 5.56 Å². The fraction of sp³-hybridized carbons (Fsp3) is 0.321. The molecule has 1 amide bonds. The number of piperidine rings is 1. The van der Waals surface area contributed by atoms with Crippen molar-refractivity contribution in [3.8, 4) is 28.0 Å². The second-order valence-corrected chi connectivity index (χ2v) is 15.0. The maximum absolute atomic E-state index is 14.2. The minimum absolute atomic E-state index is 0.00656. The number of fused-ring (bicyclic) bond motifs is 1. The number of hydrogen-bond acceptors (Lipinski definition) is 7. The molecule has 3 aromatic heterocycles. The number of aryl methyl sites for hydroxylation is 1. The van der Waals surface area contributed by atoms with Crippen molar-refractivity contribution >= 4 is 45.7 Å². The first-order valence-electron chi connectivity index (χ1n) is 12.6. The summed E-state index contributed by atoms with van der Waals surface area (Å²) >= 11 is 8.80. The third-order valence-electron chi connectivity index (χ3n) is 7.17. The molecule has 0 spiro atoms. The molecule has 1 saturated carbocycles. The van der Waals surface area contributed by atoms with Gasteiger partial charge in [-0.2, -0.15) is 0 Å². The molecule has 39 heavy (non-hydrogen) atoms. The summed E-state index contributed by atoms with van der Waals surface area (Å²) < 4.78 is 20.5. The number of halogens is 2. The first kappa shape index (κ1) is 26.4. The summed E-state index contributed by atoms with van der Waals surface area (Å²) in [7, 11) is 0. The average molecular weight is 626 g/mol. The molecular weight excluding hydrogens is 600 g/mol. The van der Waals surface area contributed by atoms with Crippen LogP contribution in [0.1, 0.15) is 34.8 Å². The molecule has 1 aromatic carbocycles. The van der Waals surface area contributed by atoms with E-state index in [2.05, 4.69) is 28.8 Å². The van der Waals surface area contributed by atoms with Crippen molar-refractivity contribution in [2.75, 3.05) is 13.1 Å². The second kappa shape index (κ2) is 9.95. The Labute approximate surface area is 243 Å². The number of ether oxygens (including phenoxy) is 1. The quantitative estimate of drug-likeness (QED) is 0.287. The number of thiazole rings is 1. The number of rotatable bonds is 6. The van der Waals surface area contributed by atoms with Crippen LogP contribution in [0.2, 0.25) is 5.02 Å². The van der Waals surface area contributed by atoms with E-state index in [1.165, 1.54) is 17.4 Å². The molecule has 1 saturated heterocycles. The Balaban J connectivity index is 1.17. The van der Waals surface area contributed by atoms with Gasteiger partial charge in [0.1, 0.15) is 0 Å². The Bertz CT molecular complexity index is 1570. The van der Waals surface area contributed by atoms with E-state index in [0.29, 0.717) is 51.6 Å². The molecule has 2 aliphatic rings. The van der Waals surface area contributed by atoms with Gasteiger partial charge in [-0.15, -0.1) is 0 Å². The molecular formula is C28H26AsClFN5O2S. The fourth-order valence-electron chi connectivity index (χ4n) is 4.94. The summed E-state index contributed by atoms with van der Waals surface area (Å²) in [6, 6.07) is 10.4. The molecule has 4 aromatic rings. The van der Waals surface area contributed by atoms with Crippen LogP contribution < -0.4 is 4.74 Å². The number of likely N-dealkylation sites (tertiary alicyclic amines) is 1. The van der Waals surface area contributed by atoms with Gasteiger partial charge in [0.2, 0.25) is 0 Å². The molecule has 6 rings (SSSR count).